The van der Waals surface area contributed by atoms with Crippen LogP contribution in [-0.4, -0.2) is 55.7 Å². The van der Waals surface area contributed by atoms with Gasteiger partial charge >= 0.3 is 5.97 Å². The molecule has 0 aromatic heterocycles. The average molecular weight is 272 g/mol. The van der Waals surface area contributed by atoms with Gasteiger partial charge in [0, 0.05) is 25.6 Å². The van der Waals surface area contributed by atoms with Gasteiger partial charge in [-0.1, -0.05) is 0 Å². The molecule has 0 spiro atoms. The smallest absolute Gasteiger partial charge is 0.325 e. The first-order valence-electron chi connectivity index (χ1n) is 6.72. The highest BCUT2D eigenvalue weighted by Gasteiger charge is 2.36. The van der Waals surface area contributed by atoms with Crippen molar-refractivity contribution in [3.63, 3.8) is 0 Å². The van der Waals surface area contributed by atoms with Gasteiger partial charge in [-0.2, -0.15) is 0 Å². The third-order valence-electron chi connectivity index (χ3n) is 3.40. The van der Waals surface area contributed by atoms with Crippen LogP contribution in [0.25, 0.3) is 0 Å². The summed E-state index contributed by atoms with van der Waals surface area (Å²) in [4.78, 5) is 25.1. The lowest BCUT2D eigenvalue weighted by Crippen LogP contribution is -2.51. The Labute approximate surface area is 114 Å². The molecule has 0 heterocycles. The Balaban J connectivity index is 2.50. The first kappa shape index (κ1) is 15.9. The Hall–Kier alpha value is -1.14. The largest absolute Gasteiger partial charge is 0.465 e. The summed E-state index contributed by atoms with van der Waals surface area (Å²) in [6.45, 7) is 2.79. The number of hydrogen-bond donors (Lipinski definition) is 1. The molecule has 1 amide bonds. The molecule has 1 aliphatic rings. The second kappa shape index (κ2) is 7.45. The van der Waals surface area contributed by atoms with Crippen molar-refractivity contribution >= 4 is 11.9 Å². The maximum atomic E-state index is 12.2. The maximum Gasteiger partial charge on any atom is 0.325 e. The van der Waals surface area contributed by atoms with Crippen molar-refractivity contribution < 1.29 is 19.1 Å². The van der Waals surface area contributed by atoms with Gasteiger partial charge in [-0.25, -0.2) is 0 Å². The Morgan fingerprint density at radius 3 is 2.53 bits per heavy atom. The molecule has 110 valence electrons. The highest BCUT2D eigenvalue weighted by Crippen LogP contribution is 2.32. The molecule has 0 atom stereocenters. The van der Waals surface area contributed by atoms with E-state index in [2.05, 4.69) is 0 Å². The van der Waals surface area contributed by atoms with Gasteiger partial charge in [-0.15, -0.1) is 0 Å². The molecule has 0 saturated heterocycles. The summed E-state index contributed by atoms with van der Waals surface area (Å²) in [7, 11) is 1.56. The van der Waals surface area contributed by atoms with Gasteiger partial charge in [-0.05, 0) is 26.2 Å². The molecule has 0 aliphatic heterocycles. The van der Waals surface area contributed by atoms with Crippen molar-refractivity contribution in [2.24, 2.45) is 5.73 Å². The topological polar surface area (TPSA) is 81.9 Å². The summed E-state index contributed by atoms with van der Waals surface area (Å²) in [5.41, 5.74) is 5.69. The van der Waals surface area contributed by atoms with Gasteiger partial charge in [0.2, 0.25) is 5.91 Å². The summed E-state index contributed by atoms with van der Waals surface area (Å²) in [5.74, 6) is -0.501. The zero-order valence-electron chi connectivity index (χ0n) is 11.8. The van der Waals surface area contributed by atoms with E-state index >= 15 is 0 Å². The van der Waals surface area contributed by atoms with E-state index in [0.717, 1.165) is 19.3 Å². The first-order chi connectivity index (χ1) is 9.00. The third kappa shape index (κ3) is 5.16. The van der Waals surface area contributed by atoms with Crippen LogP contribution in [0.5, 0.6) is 0 Å². The molecule has 0 bridgehead atoms. The summed E-state index contributed by atoms with van der Waals surface area (Å²) >= 11 is 0. The standard InChI is InChI=1S/C13H24N2O4/c1-3-19-12(17)10-15(7-8-18-2)11(16)9-13(14)5-4-6-13/h3-10,14H2,1-2H3. The summed E-state index contributed by atoms with van der Waals surface area (Å²) in [6.07, 6.45) is 3.10. The van der Waals surface area contributed by atoms with Crippen LogP contribution >= 0.6 is 0 Å². The molecule has 0 aromatic rings. The van der Waals surface area contributed by atoms with Crippen LogP contribution in [0.2, 0.25) is 0 Å². The highest BCUT2D eigenvalue weighted by molar-refractivity contribution is 5.82. The number of hydrogen-bond acceptors (Lipinski definition) is 5. The van der Waals surface area contributed by atoms with E-state index < -0.39 is 5.97 Å². The second-order valence-corrected chi connectivity index (χ2v) is 5.01. The van der Waals surface area contributed by atoms with Crippen LogP contribution in [-0.2, 0) is 19.1 Å². The van der Waals surface area contributed by atoms with E-state index in [1.54, 1.807) is 14.0 Å². The number of nitrogens with two attached hydrogens (primary N) is 1. The minimum atomic E-state index is -0.397. The minimum absolute atomic E-state index is 0.0356. The predicted octanol–water partition coefficient (Wildman–Crippen LogP) is 0.296. The molecule has 0 radical (unpaired) electrons. The number of esters is 1. The van der Waals surface area contributed by atoms with Crippen molar-refractivity contribution in [2.75, 3.05) is 33.4 Å². The number of ether oxygens (including phenoxy) is 2. The van der Waals surface area contributed by atoms with E-state index in [4.69, 9.17) is 15.2 Å². The lowest BCUT2D eigenvalue weighted by Gasteiger charge is -2.38. The number of methoxy groups -OCH3 is 1. The number of amides is 1. The molecular formula is C13H24N2O4. The molecule has 1 rings (SSSR count). The van der Waals surface area contributed by atoms with Crippen LogP contribution in [0, 0.1) is 0 Å². The minimum Gasteiger partial charge on any atom is -0.465 e. The first-order valence-corrected chi connectivity index (χ1v) is 6.72. The fourth-order valence-electron chi connectivity index (χ4n) is 2.08. The zero-order valence-corrected chi connectivity index (χ0v) is 11.8. The van der Waals surface area contributed by atoms with Crippen molar-refractivity contribution in [3.05, 3.63) is 0 Å². The third-order valence-corrected chi connectivity index (χ3v) is 3.40. The van der Waals surface area contributed by atoms with Gasteiger partial charge in [0.05, 0.1) is 13.2 Å². The van der Waals surface area contributed by atoms with Crippen LogP contribution in [0.4, 0.5) is 0 Å². The van der Waals surface area contributed by atoms with Crippen molar-refractivity contribution in [1.29, 1.82) is 0 Å². The summed E-state index contributed by atoms with van der Waals surface area (Å²) in [5, 5.41) is 0. The fourth-order valence-corrected chi connectivity index (χ4v) is 2.08. The maximum absolute atomic E-state index is 12.2. The molecule has 1 fully saturated rings. The Bertz CT molecular complexity index is 316. The average Bonchev–Trinajstić information content (AvgIpc) is 2.32. The molecule has 1 saturated carbocycles. The van der Waals surface area contributed by atoms with Crippen LogP contribution in [0.15, 0.2) is 0 Å². The number of nitrogens with zero attached hydrogens (tertiary/aromatic N) is 1. The molecule has 0 aromatic carbocycles. The Morgan fingerprint density at radius 2 is 2.05 bits per heavy atom. The van der Waals surface area contributed by atoms with Crippen molar-refractivity contribution in [1.82, 2.24) is 4.90 Å². The number of rotatable bonds is 8. The Morgan fingerprint density at radius 1 is 1.37 bits per heavy atom. The van der Waals surface area contributed by atoms with Crippen molar-refractivity contribution in [2.45, 2.75) is 38.1 Å². The van der Waals surface area contributed by atoms with Gasteiger partial charge in [0.15, 0.2) is 0 Å². The normalized spacial score (nSPS) is 16.6. The molecule has 2 N–H and O–H groups in total. The van der Waals surface area contributed by atoms with E-state index in [9.17, 15) is 9.59 Å². The molecule has 0 unspecified atom stereocenters. The van der Waals surface area contributed by atoms with Crippen molar-refractivity contribution in [3.8, 4) is 0 Å². The zero-order chi connectivity index (χ0) is 14.3. The second-order valence-electron chi connectivity index (χ2n) is 5.01. The van der Waals surface area contributed by atoms with Gasteiger partial charge in [0.25, 0.3) is 0 Å². The highest BCUT2D eigenvalue weighted by atomic mass is 16.5. The van der Waals surface area contributed by atoms with E-state index in [1.807, 2.05) is 0 Å². The predicted molar refractivity (Wildman–Crippen MR) is 70.5 cm³/mol. The molecule has 1 aliphatic carbocycles. The quantitative estimate of drug-likeness (QED) is 0.642. The lowest BCUT2D eigenvalue weighted by molar-refractivity contribution is -0.150. The van der Waals surface area contributed by atoms with E-state index in [-0.39, 0.29) is 24.4 Å². The summed E-state index contributed by atoms with van der Waals surface area (Å²) < 4.78 is 9.83. The van der Waals surface area contributed by atoms with E-state index in [0.29, 0.717) is 19.8 Å². The van der Waals surface area contributed by atoms with Gasteiger partial charge < -0.3 is 20.1 Å². The monoisotopic (exact) mass is 272 g/mol. The molecule has 6 nitrogen and oxygen atoms in total. The Kier molecular flexibility index (Phi) is 6.24. The molecular weight excluding hydrogens is 248 g/mol. The van der Waals surface area contributed by atoms with Crippen LogP contribution in [0.1, 0.15) is 32.6 Å². The fraction of sp³-hybridized carbons (Fsp3) is 0.846. The number of carbonyl (C=O) groups is 2. The molecule has 19 heavy (non-hydrogen) atoms. The van der Waals surface area contributed by atoms with Crippen LogP contribution < -0.4 is 5.73 Å². The van der Waals surface area contributed by atoms with Gasteiger partial charge in [0.1, 0.15) is 6.54 Å². The molecule has 6 heteroatoms. The SMILES string of the molecule is CCOC(=O)CN(CCOC)C(=O)CC1(N)CCC1. The number of carbonyl (C=O) groups excluding carboxylic acids is 2. The van der Waals surface area contributed by atoms with Gasteiger partial charge in [-0.3, -0.25) is 9.59 Å². The van der Waals surface area contributed by atoms with Crippen LogP contribution in [0.3, 0.4) is 0 Å². The van der Waals surface area contributed by atoms with E-state index in [1.165, 1.54) is 4.90 Å². The lowest BCUT2D eigenvalue weighted by atomic mass is 9.75. The summed E-state index contributed by atoms with van der Waals surface area (Å²) in [6, 6.07) is 0.